The van der Waals surface area contributed by atoms with E-state index >= 15 is 0 Å². The molecule has 0 aromatic rings. The number of carbonyl (C=O) groups excluding carboxylic acids is 1. The molecule has 0 rings (SSSR count). The molecule has 74 valence electrons. The largest absolute Gasteiger partial charge is 0.466 e. The molecule has 4 nitrogen and oxygen atoms in total. The fourth-order valence-corrected chi connectivity index (χ4v) is 0.742. The Balaban J connectivity index is 2.92. The van der Waals surface area contributed by atoms with Gasteiger partial charge in [-0.2, -0.15) is 5.26 Å². The normalized spacial score (nSPS) is 9.23. The average Bonchev–Trinajstić information content (AvgIpc) is 2.09. The van der Waals surface area contributed by atoms with Crippen LogP contribution < -0.4 is 0 Å². The summed E-state index contributed by atoms with van der Waals surface area (Å²) in [6.45, 7) is 2.97. The predicted octanol–water partition coefficient (Wildman–Crippen LogP) is 1.26. The number of hydrogen-bond acceptors (Lipinski definition) is 4. The monoisotopic (exact) mass is 185 g/mol. The summed E-state index contributed by atoms with van der Waals surface area (Å²) >= 11 is 0. The highest BCUT2D eigenvalue weighted by Gasteiger charge is 1.93. The molecule has 0 unspecified atom stereocenters. The van der Waals surface area contributed by atoms with Crippen molar-refractivity contribution in [3.8, 4) is 6.07 Å². The minimum absolute atomic E-state index is 0.245. The smallest absolute Gasteiger partial charge is 0.302 e. The van der Waals surface area contributed by atoms with Crippen LogP contribution in [-0.2, 0) is 14.3 Å². The summed E-state index contributed by atoms with van der Waals surface area (Å²) in [7, 11) is 0. The van der Waals surface area contributed by atoms with Gasteiger partial charge in [0, 0.05) is 13.5 Å². The first-order valence-corrected chi connectivity index (χ1v) is 4.35. The molecular weight excluding hydrogens is 170 g/mol. The van der Waals surface area contributed by atoms with Gasteiger partial charge in [-0.05, 0) is 12.8 Å². The van der Waals surface area contributed by atoms with Gasteiger partial charge >= 0.3 is 5.97 Å². The van der Waals surface area contributed by atoms with Gasteiger partial charge in [-0.3, -0.25) is 4.79 Å². The van der Waals surface area contributed by atoms with Crippen LogP contribution in [0.4, 0.5) is 0 Å². The third-order valence-corrected chi connectivity index (χ3v) is 1.35. The zero-order chi connectivity index (χ0) is 9.94. The average molecular weight is 185 g/mol. The van der Waals surface area contributed by atoms with E-state index in [1.807, 2.05) is 6.07 Å². The highest BCUT2D eigenvalue weighted by Crippen LogP contribution is 1.92. The molecule has 0 N–H and O–H groups in total. The van der Waals surface area contributed by atoms with E-state index < -0.39 is 0 Å². The molecule has 0 heterocycles. The van der Waals surface area contributed by atoms with E-state index in [9.17, 15) is 4.79 Å². The number of nitriles is 1. The Labute approximate surface area is 78.4 Å². The van der Waals surface area contributed by atoms with Crippen LogP contribution in [0.3, 0.4) is 0 Å². The highest BCUT2D eigenvalue weighted by molar-refractivity contribution is 5.65. The quantitative estimate of drug-likeness (QED) is 0.442. The fourth-order valence-electron chi connectivity index (χ4n) is 0.742. The van der Waals surface area contributed by atoms with Crippen LogP contribution in [0.1, 0.15) is 26.2 Å². The van der Waals surface area contributed by atoms with Gasteiger partial charge in [-0.15, -0.1) is 0 Å². The van der Waals surface area contributed by atoms with Crippen molar-refractivity contribution in [2.24, 2.45) is 0 Å². The summed E-state index contributed by atoms with van der Waals surface area (Å²) in [5.41, 5.74) is 0. The number of esters is 1. The van der Waals surface area contributed by atoms with Crippen LogP contribution >= 0.6 is 0 Å². The molecule has 0 aromatic heterocycles. The van der Waals surface area contributed by atoms with Gasteiger partial charge in [0.25, 0.3) is 0 Å². The second-order valence-corrected chi connectivity index (χ2v) is 2.57. The van der Waals surface area contributed by atoms with E-state index in [4.69, 9.17) is 14.7 Å². The second kappa shape index (κ2) is 9.01. The third-order valence-electron chi connectivity index (χ3n) is 1.35. The zero-order valence-electron chi connectivity index (χ0n) is 7.91. The fraction of sp³-hybridized carbons (Fsp3) is 0.778. The second-order valence-electron chi connectivity index (χ2n) is 2.57. The van der Waals surface area contributed by atoms with Crippen LogP contribution in [0.5, 0.6) is 0 Å². The first-order valence-electron chi connectivity index (χ1n) is 4.35. The molecule has 0 atom stereocenters. The Hall–Kier alpha value is -1.08. The van der Waals surface area contributed by atoms with Gasteiger partial charge in [-0.25, -0.2) is 0 Å². The van der Waals surface area contributed by atoms with Crippen molar-refractivity contribution >= 4 is 5.97 Å². The lowest BCUT2D eigenvalue weighted by molar-refractivity contribution is -0.141. The van der Waals surface area contributed by atoms with Crippen LogP contribution in [-0.4, -0.2) is 25.8 Å². The number of rotatable bonds is 7. The molecule has 13 heavy (non-hydrogen) atoms. The maximum atomic E-state index is 10.3. The summed E-state index contributed by atoms with van der Waals surface area (Å²) in [5, 5.41) is 8.18. The summed E-state index contributed by atoms with van der Waals surface area (Å²) < 4.78 is 9.84. The molecule has 0 saturated carbocycles. The van der Waals surface area contributed by atoms with Crippen molar-refractivity contribution in [3.63, 3.8) is 0 Å². The maximum Gasteiger partial charge on any atom is 0.302 e. The van der Waals surface area contributed by atoms with E-state index in [2.05, 4.69) is 0 Å². The van der Waals surface area contributed by atoms with Gasteiger partial charge in [0.2, 0.25) is 0 Å². The Bertz CT molecular complexity index is 174. The van der Waals surface area contributed by atoms with E-state index in [-0.39, 0.29) is 5.97 Å². The summed E-state index contributed by atoms with van der Waals surface area (Å²) in [4.78, 5) is 10.3. The van der Waals surface area contributed by atoms with Crippen LogP contribution in [0, 0.1) is 11.3 Å². The van der Waals surface area contributed by atoms with Crippen molar-refractivity contribution in [1.29, 1.82) is 5.26 Å². The predicted molar refractivity (Wildman–Crippen MR) is 46.9 cm³/mol. The SMILES string of the molecule is CC(=O)OCCCCOCCC#N. The third kappa shape index (κ3) is 10.9. The molecule has 0 fully saturated rings. The first kappa shape index (κ1) is 11.9. The minimum atomic E-state index is -0.245. The number of unbranched alkanes of at least 4 members (excludes halogenated alkanes) is 1. The van der Waals surface area contributed by atoms with Gasteiger partial charge in [0.05, 0.1) is 25.7 Å². The summed E-state index contributed by atoms with van der Waals surface area (Å²) in [6.07, 6.45) is 2.11. The van der Waals surface area contributed by atoms with E-state index in [1.54, 1.807) is 0 Å². The van der Waals surface area contributed by atoms with Crippen molar-refractivity contribution in [2.75, 3.05) is 19.8 Å². The van der Waals surface area contributed by atoms with Gasteiger partial charge in [-0.1, -0.05) is 0 Å². The summed E-state index contributed by atoms with van der Waals surface area (Å²) in [5.74, 6) is -0.245. The number of carbonyl (C=O) groups is 1. The van der Waals surface area contributed by atoms with Crippen molar-refractivity contribution < 1.29 is 14.3 Å². The van der Waals surface area contributed by atoms with Gasteiger partial charge in [0.15, 0.2) is 0 Å². The maximum absolute atomic E-state index is 10.3. The topological polar surface area (TPSA) is 59.3 Å². The van der Waals surface area contributed by atoms with Crippen molar-refractivity contribution in [1.82, 2.24) is 0 Å². The highest BCUT2D eigenvalue weighted by atomic mass is 16.5. The minimum Gasteiger partial charge on any atom is -0.466 e. The molecule has 4 heteroatoms. The molecule has 0 aliphatic carbocycles. The van der Waals surface area contributed by atoms with Crippen LogP contribution in [0.2, 0.25) is 0 Å². The van der Waals surface area contributed by atoms with E-state index in [0.717, 1.165) is 12.8 Å². The lowest BCUT2D eigenvalue weighted by Gasteiger charge is -2.02. The number of hydrogen-bond donors (Lipinski definition) is 0. The summed E-state index contributed by atoms with van der Waals surface area (Å²) in [6, 6.07) is 1.99. The number of ether oxygens (including phenoxy) is 2. The van der Waals surface area contributed by atoms with Gasteiger partial charge < -0.3 is 9.47 Å². The molecule has 0 spiro atoms. The molecular formula is C9H15NO3. The Morgan fingerprint density at radius 2 is 2.00 bits per heavy atom. The lowest BCUT2D eigenvalue weighted by atomic mass is 10.3. The molecule has 0 aromatic carbocycles. The van der Waals surface area contributed by atoms with Crippen LogP contribution in [0.25, 0.3) is 0 Å². The van der Waals surface area contributed by atoms with E-state index in [1.165, 1.54) is 6.92 Å². The first-order chi connectivity index (χ1) is 6.27. The standard InChI is InChI=1S/C9H15NO3/c1-9(11)13-8-3-2-6-12-7-4-5-10/h2-4,6-8H2,1H3. The molecule has 0 amide bonds. The lowest BCUT2D eigenvalue weighted by Crippen LogP contribution is -2.02. The van der Waals surface area contributed by atoms with Crippen molar-refractivity contribution in [2.45, 2.75) is 26.2 Å². The molecule has 0 aliphatic heterocycles. The van der Waals surface area contributed by atoms with Crippen LogP contribution in [0.15, 0.2) is 0 Å². The van der Waals surface area contributed by atoms with Crippen molar-refractivity contribution in [3.05, 3.63) is 0 Å². The molecule has 0 bridgehead atoms. The molecule has 0 aliphatic rings. The Morgan fingerprint density at radius 1 is 1.31 bits per heavy atom. The zero-order valence-corrected chi connectivity index (χ0v) is 7.91. The Morgan fingerprint density at radius 3 is 2.62 bits per heavy atom. The number of nitrogens with zero attached hydrogens (tertiary/aromatic N) is 1. The van der Waals surface area contributed by atoms with E-state index in [0.29, 0.717) is 26.2 Å². The molecule has 0 saturated heterocycles. The van der Waals surface area contributed by atoms with Gasteiger partial charge in [0.1, 0.15) is 0 Å². The molecule has 0 radical (unpaired) electrons. The Kier molecular flexibility index (Phi) is 8.26.